The highest BCUT2D eigenvalue weighted by Gasteiger charge is 2.13. The van der Waals surface area contributed by atoms with Crippen LogP contribution in [0, 0.1) is 0 Å². The summed E-state index contributed by atoms with van der Waals surface area (Å²) in [6.07, 6.45) is 3.83. The molecule has 0 saturated heterocycles. The van der Waals surface area contributed by atoms with Crippen molar-refractivity contribution in [3.63, 3.8) is 0 Å². The van der Waals surface area contributed by atoms with Crippen molar-refractivity contribution in [1.82, 2.24) is 19.6 Å². The molecule has 0 spiro atoms. The van der Waals surface area contributed by atoms with E-state index in [0.29, 0.717) is 5.92 Å². The Morgan fingerprint density at radius 1 is 1.38 bits per heavy atom. The van der Waals surface area contributed by atoms with E-state index < -0.39 is 0 Å². The lowest BCUT2D eigenvalue weighted by molar-refractivity contribution is 0.834. The van der Waals surface area contributed by atoms with Crippen molar-refractivity contribution in [2.75, 3.05) is 18.6 Å². The number of hydrogen-bond acceptors (Lipinski definition) is 5. The quantitative estimate of drug-likeness (QED) is 0.828. The molecule has 0 radical (unpaired) electrons. The summed E-state index contributed by atoms with van der Waals surface area (Å²) in [6, 6.07) is 0. The highest BCUT2D eigenvalue weighted by molar-refractivity contribution is 7.98. The fraction of sp³-hybridized carbons (Fsp3) is 0.500. The van der Waals surface area contributed by atoms with Crippen molar-refractivity contribution in [1.29, 1.82) is 0 Å². The lowest BCUT2D eigenvalue weighted by Crippen LogP contribution is -2.05. The Kier molecular flexibility index (Phi) is 3.00. The monoisotopic (exact) mass is 237 g/mol. The van der Waals surface area contributed by atoms with Crippen molar-refractivity contribution in [2.24, 2.45) is 0 Å². The average Bonchev–Trinajstić information content (AvgIpc) is 2.71. The van der Waals surface area contributed by atoms with Crippen LogP contribution in [0.1, 0.15) is 25.3 Å². The molecule has 0 bridgehead atoms. The molecule has 2 heterocycles. The number of thioether (sulfide) groups is 1. The van der Waals surface area contributed by atoms with Gasteiger partial charge in [0.15, 0.2) is 10.8 Å². The molecule has 0 fully saturated rings. The number of aromatic nitrogens is 4. The maximum atomic E-state index is 4.50. The second-order valence-corrected chi connectivity index (χ2v) is 4.55. The Bertz CT molecular complexity index is 505. The number of hydrogen-bond donors (Lipinski definition) is 1. The fourth-order valence-corrected chi connectivity index (χ4v) is 1.89. The first kappa shape index (κ1) is 11.2. The van der Waals surface area contributed by atoms with Gasteiger partial charge in [0.25, 0.3) is 0 Å². The highest BCUT2D eigenvalue weighted by atomic mass is 32.2. The molecule has 86 valence electrons. The molecule has 16 heavy (non-hydrogen) atoms. The number of nitrogens with zero attached hydrogens (tertiary/aromatic N) is 4. The van der Waals surface area contributed by atoms with Crippen LogP contribution in [0.15, 0.2) is 11.4 Å². The molecule has 0 aliphatic rings. The minimum absolute atomic E-state index is 0.409. The standard InChI is InChI=1S/C10H15N5S/c1-6(2)7-5-12-15-8(7)13-10(16-4)14-9(15)11-3/h5-6H,1-4H3,(H,11,13,14). The van der Waals surface area contributed by atoms with Crippen LogP contribution in [-0.2, 0) is 0 Å². The van der Waals surface area contributed by atoms with Gasteiger partial charge in [0, 0.05) is 12.6 Å². The van der Waals surface area contributed by atoms with E-state index in [1.54, 1.807) is 4.52 Å². The van der Waals surface area contributed by atoms with Crippen LogP contribution in [0.5, 0.6) is 0 Å². The zero-order valence-corrected chi connectivity index (χ0v) is 10.7. The van der Waals surface area contributed by atoms with Crippen LogP contribution in [0.2, 0.25) is 0 Å². The van der Waals surface area contributed by atoms with Gasteiger partial charge in [-0.05, 0) is 12.2 Å². The molecule has 0 amide bonds. The van der Waals surface area contributed by atoms with E-state index in [4.69, 9.17) is 0 Å². The summed E-state index contributed by atoms with van der Waals surface area (Å²) >= 11 is 1.53. The van der Waals surface area contributed by atoms with Crippen LogP contribution < -0.4 is 5.32 Å². The molecular weight excluding hydrogens is 222 g/mol. The Balaban J connectivity index is 2.71. The van der Waals surface area contributed by atoms with Crippen LogP contribution in [0.25, 0.3) is 5.65 Å². The van der Waals surface area contributed by atoms with Gasteiger partial charge in [-0.25, -0.2) is 4.98 Å². The molecule has 0 aliphatic carbocycles. The normalized spacial score (nSPS) is 11.3. The molecule has 0 unspecified atom stereocenters. The van der Waals surface area contributed by atoms with E-state index >= 15 is 0 Å². The van der Waals surface area contributed by atoms with E-state index in [2.05, 4.69) is 34.2 Å². The van der Waals surface area contributed by atoms with Crippen LogP contribution in [-0.4, -0.2) is 32.9 Å². The Labute approximate surface area is 98.7 Å². The number of fused-ring (bicyclic) bond motifs is 1. The molecule has 1 N–H and O–H groups in total. The average molecular weight is 237 g/mol. The zero-order chi connectivity index (χ0) is 11.7. The lowest BCUT2D eigenvalue weighted by atomic mass is 10.1. The number of nitrogens with one attached hydrogen (secondary N) is 1. The van der Waals surface area contributed by atoms with Gasteiger partial charge < -0.3 is 5.32 Å². The molecular formula is C10H15N5S. The van der Waals surface area contributed by atoms with E-state index in [1.165, 1.54) is 11.8 Å². The van der Waals surface area contributed by atoms with Gasteiger partial charge in [-0.15, -0.1) is 0 Å². The maximum Gasteiger partial charge on any atom is 0.228 e. The van der Waals surface area contributed by atoms with Crippen LogP contribution in [0.3, 0.4) is 0 Å². The third-order valence-corrected chi connectivity index (χ3v) is 2.95. The van der Waals surface area contributed by atoms with E-state index in [-0.39, 0.29) is 0 Å². The zero-order valence-electron chi connectivity index (χ0n) is 9.85. The van der Waals surface area contributed by atoms with Crippen molar-refractivity contribution >= 4 is 23.4 Å². The molecule has 0 aliphatic heterocycles. The summed E-state index contributed by atoms with van der Waals surface area (Å²) in [5.74, 6) is 1.13. The van der Waals surface area contributed by atoms with E-state index in [9.17, 15) is 0 Å². The molecule has 6 heteroatoms. The Hall–Kier alpha value is -1.30. The smallest absolute Gasteiger partial charge is 0.228 e. The third-order valence-electron chi connectivity index (χ3n) is 2.40. The Morgan fingerprint density at radius 2 is 2.12 bits per heavy atom. The largest absolute Gasteiger partial charge is 0.357 e. The maximum absolute atomic E-state index is 4.50. The van der Waals surface area contributed by atoms with Gasteiger partial charge in [0.1, 0.15) is 0 Å². The summed E-state index contributed by atoms with van der Waals surface area (Å²) in [4.78, 5) is 8.85. The number of anilines is 1. The SMILES string of the molecule is CNc1nc(SC)nc2c(C(C)C)cnn12. The first-order valence-corrected chi connectivity index (χ1v) is 6.37. The van der Waals surface area contributed by atoms with Gasteiger partial charge >= 0.3 is 0 Å². The molecule has 5 nitrogen and oxygen atoms in total. The third kappa shape index (κ3) is 1.73. The molecule has 0 atom stereocenters. The van der Waals surface area contributed by atoms with Gasteiger partial charge in [0.05, 0.1) is 6.20 Å². The molecule has 0 saturated carbocycles. The minimum Gasteiger partial charge on any atom is -0.357 e. The second kappa shape index (κ2) is 4.29. The van der Waals surface area contributed by atoms with Crippen LogP contribution in [0.4, 0.5) is 5.95 Å². The topological polar surface area (TPSA) is 55.1 Å². The summed E-state index contributed by atoms with van der Waals surface area (Å²) < 4.78 is 1.75. The summed E-state index contributed by atoms with van der Waals surface area (Å²) in [5, 5.41) is 8.10. The minimum atomic E-state index is 0.409. The first-order chi connectivity index (χ1) is 7.67. The first-order valence-electron chi connectivity index (χ1n) is 5.14. The summed E-state index contributed by atoms with van der Waals surface area (Å²) in [7, 11) is 1.84. The van der Waals surface area contributed by atoms with E-state index in [1.807, 2.05) is 19.5 Å². The molecule has 2 rings (SSSR count). The van der Waals surface area contributed by atoms with Crippen molar-refractivity contribution < 1.29 is 0 Å². The predicted molar refractivity (Wildman–Crippen MR) is 66.2 cm³/mol. The summed E-state index contributed by atoms with van der Waals surface area (Å²) in [6.45, 7) is 4.27. The Morgan fingerprint density at radius 3 is 2.69 bits per heavy atom. The lowest BCUT2D eigenvalue weighted by Gasteiger charge is -2.06. The number of rotatable bonds is 3. The molecule has 2 aromatic rings. The van der Waals surface area contributed by atoms with Gasteiger partial charge in [-0.1, -0.05) is 25.6 Å². The van der Waals surface area contributed by atoms with Crippen LogP contribution >= 0.6 is 11.8 Å². The van der Waals surface area contributed by atoms with Gasteiger partial charge in [-0.2, -0.15) is 14.6 Å². The van der Waals surface area contributed by atoms with E-state index in [0.717, 1.165) is 22.3 Å². The van der Waals surface area contributed by atoms with Gasteiger partial charge in [-0.3, -0.25) is 0 Å². The molecule has 0 aromatic carbocycles. The highest BCUT2D eigenvalue weighted by Crippen LogP contribution is 2.22. The molecule has 2 aromatic heterocycles. The van der Waals surface area contributed by atoms with Crippen molar-refractivity contribution in [3.8, 4) is 0 Å². The van der Waals surface area contributed by atoms with Crippen molar-refractivity contribution in [3.05, 3.63) is 11.8 Å². The predicted octanol–water partition coefficient (Wildman–Crippen LogP) is 2.01. The second-order valence-electron chi connectivity index (χ2n) is 3.77. The fourth-order valence-electron chi connectivity index (χ4n) is 1.54. The van der Waals surface area contributed by atoms with Gasteiger partial charge in [0.2, 0.25) is 5.95 Å². The summed E-state index contributed by atoms with van der Waals surface area (Å²) in [5.41, 5.74) is 2.04. The van der Waals surface area contributed by atoms with Crippen molar-refractivity contribution in [2.45, 2.75) is 24.9 Å².